The van der Waals surface area contributed by atoms with Crippen molar-refractivity contribution in [1.82, 2.24) is 0 Å². The second-order valence-electron chi connectivity index (χ2n) is 4.09. The molecule has 2 aromatic carbocycles. The molecule has 0 radical (unpaired) electrons. The van der Waals surface area contributed by atoms with E-state index in [1.54, 1.807) is 0 Å². The van der Waals surface area contributed by atoms with Crippen LogP contribution in [0.25, 0.3) is 4.91 Å². The highest BCUT2D eigenvalue weighted by molar-refractivity contribution is 8.27. The van der Waals surface area contributed by atoms with Crippen LogP contribution in [0.15, 0.2) is 69.8 Å². The monoisotopic (exact) mass is 302 g/mol. The van der Waals surface area contributed by atoms with Gasteiger partial charge in [0.15, 0.2) is 0 Å². The summed E-state index contributed by atoms with van der Waals surface area (Å²) >= 11 is 5.85. The molecule has 0 aromatic heterocycles. The summed E-state index contributed by atoms with van der Waals surface area (Å²) in [5, 5.41) is 0. The van der Waals surface area contributed by atoms with Crippen LogP contribution < -0.4 is 0 Å². The van der Waals surface area contributed by atoms with Gasteiger partial charge in [-0.1, -0.05) is 60.3 Å². The molecule has 0 atom stereocenters. The highest BCUT2D eigenvalue weighted by atomic mass is 32.2. The van der Waals surface area contributed by atoms with E-state index in [4.69, 9.17) is 0 Å². The molecule has 96 valence electrons. The second-order valence-corrected chi connectivity index (χ2v) is 7.65. The molecule has 1 aliphatic rings. The van der Waals surface area contributed by atoms with Gasteiger partial charge < -0.3 is 0 Å². The van der Waals surface area contributed by atoms with Crippen LogP contribution in [0.2, 0.25) is 0 Å². The average Bonchev–Trinajstić information content (AvgIpc) is 3.01. The second kappa shape index (κ2) is 6.60. The maximum Gasteiger partial charge on any atom is 0.0548 e. The SMILES string of the molecule is c1ccc(SC(=C2SCCS2)c2ccccc2)cc1. The van der Waals surface area contributed by atoms with Gasteiger partial charge in [0.25, 0.3) is 0 Å². The first-order valence-electron chi connectivity index (χ1n) is 6.22. The predicted octanol–water partition coefficient (Wildman–Crippen LogP) is 5.59. The lowest BCUT2D eigenvalue weighted by atomic mass is 10.2. The Morgan fingerprint density at radius 3 is 2.00 bits per heavy atom. The van der Waals surface area contributed by atoms with Gasteiger partial charge in [0.1, 0.15) is 0 Å². The van der Waals surface area contributed by atoms with E-state index in [-0.39, 0.29) is 0 Å². The predicted molar refractivity (Wildman–Crippen MR) is 90.6 cm³/mol. The number of hydrogen-bond donors (Lipinski definition) is 0. The van der Waals surface area contributed by atoms with Crippen molar-refractivity contribution in [2.24, 2.45) is 0 Å². The van der Waals surface area contributed by atoms with Crippen molar-refractivity contribution >= 4 is 40.2 Å². The number of thioether (sulfide) groups is 3. The minimum atomic E-state index is 1.23. The number of rotatable bonds is 3. The standard InChI is InChI=1S/C16H14S3/c1-3-7-13(8-4-1)15(16-17-11-12-18-16)19-14-9-5-2-6-10-14/h1-10H,11-12H2. The summed E-state index contributed by atoms with van der Waals surface area (Å²) in [6.45, 7) is 0. The fraction of sp³-hybridized carbons (Fsp3) is 0.125. The number of hydrogen-bond acceptors (Lipinski definition) is 3. The van der Waals surface area contributed by atoms with Crippen LogP contribution >= 0.6 is 35.3 Å². The van der Waals surface area contributed by atoms with Crippen LogP contribution in [0.4, 0.5) is 0 Å². The maximum absolute atomic E-state index is 2.21. The van der Waals surface area contributed by atoms with E-state index < -0.39 is 0 Å². The Labute approximate surface area is 127 Å². The molecule has 1 aliphatic heterocycles. The third-order valence-electron chi connectivity index (χ3n) is 2.73. The zero-order valence-electron chi connectivity index (χ0n) is 10.4. The molecule has 0 unspecified atom stereocenters. The minimum Gasteiger partial charge on any atom is -0.117 e. The van der Waals surface area contributed by atoms with E-state index in [1.807, 2.05) is 35.3 Å². The normalized spacial score (nSPS) is 14.6. The molecular weight excluding hydrogens is 288 g/mol. The van der Waals surface area contributed by atoms with Gasteiger partial charge in [0.2, 0.25) is 0 Å². The van der Waals surface area contributed by atoms with Gasteiger partial charge >= 0.3 is 0 Å². The average molecular weight is 302 g/mol. The molecule has 0 aliphatic carbocycles. The summed E-state index contributed by atoms with van der Waals surface area (Å²) in [6.07, 6.45) is 0. The Morgan fingerprint density at radius 2 is 1.37 bits per heavy atom. The minimum absolute atomic E-state index is 1.23. The zero-order chi connectivity index (χ0) is 12.9. The van der Waals surface area contributed by atoms with Crippen molar-refractivity contribution in [3.8, 4) is 0 Å². The lowest BCUT2D eigenvalue weighted by Crippen LogP contribution is -1.82. The van der Waals surface area contributed by atoms with Crippen LogP contribution in [0, 0.1) is 0 Å². The van der Waals surface area contributed by atoms with Crippen molar-refractivity contribution in [3.63, 3.8) is 0 Å². The van der Waals surface area contributed by atoms with Crippen LogP contribution in [0.1, 0.15) is 5.56 Å². The molecule has 3 rings (SSSR count). The third-order valence-corrected chi connectivity index (χ3v) is 6.86. The van der Waals surface area contributed by atoms with E-state index in [2.05, 4.69) is 60.7 Å². The molecule has 1 fully saturated rings. The molecule has 0 nitrogen and oxygen atoms in total. The molecule has 19 heavy (non-hydrogen) atoms. The maximum atomic E-state index is 2.21. The summed E-state index contributed by atoms with van der Waals surface area (Å²) in [5.41, 5.74) is 1.33. The molecule has 3 heteroatoms. The highest BCUT2D eigenvalue weighted by Crippen LogP contribution is 2.47. The van der Waals surface area contributed by atoms with Crippen molar-refractivity contribution in [2.75, 3.05) is 11.5 Å². The van der Waals surface area contributed by atoms with Crippen molar-refractivity contribution in [1.29, 1.82) is 0 Å². The van der Waals surface area contributed by atoms with Crippen LogP contribution in [0.3, 0.4) is 0 Å². The molecule has 0 bridgehead atoms. The molecule has 2 aromatic rings. The Morgan fingerprint density at radius 1 is 0.789 bits per heavy atom. The number of benzene rings is 2. The van der Waals surface area contributed by atoms with Gasteiger partial charge in [-0.2, -0.15) is 0 Å². The Bertz CT molecular complexity index is 553. The largest absolute Gasteiger partial charge is 0.117 e. The van der Waals surface area contributed by atoms with Crippen LogP contribution in [-0.2, 0) is 0 Å². The Balaban J connectivity index is 1.96. The first-order chi connectivity index (χ1) is 9.43. The molecule has 0 N–H and O–H groups in total. The zero-order valence-corrected chi connectivity index (χ0v) is 12.9. The van der Waals surface area contributed by atoms with E-state index in [9.17, 15) is 0 Å². The van der Waals surface area contributed by atoms with Crippen molar-refractivity contribution in [3.05, 3.63) is 70.5 Å². The third kappa shape index (κ3) is 3.41. The fourth-order valence-electron chi connectivity index (χ4n) is 1.86. The summed E-state index contributed by atoms with van der Waals surface area (Å²) in [4.78, 5) is 2.71. The van der Waals surface area contributed by atoms with Gasteiger partial charge in [0.05, 0.1) is 4.24 Å². The molecule has 1 heterocycles. The molecule has 0 spiro atoms. The van der Waals surface area contributed by atoms with Gasteiger partial charge in [-0.15, -0.1) is 23.5 Å². The Hall–Kier alpha value is -0.770. The van der Waals surface area contributed by atoms with E-state index in [1.165, 1.54) is 31.1 Å². The molecular formula is C16H14S3. The molecule has 0 saturated carbocycles. The summed E-state index contributed by atoms with van der Waals surface area (Å²) in [6, 6.07) is 21.4. The first kappa shape index (κ1) is 13.2. The molecule has 0 amide bonds. The van der Waals surface area contributed by atoms with E-state index in [0.29, 0.717) is 0 Å². The lowest BCUT2D eigenvalue weighted by molar-refractivity contribution is 1.47. The van der Waals surface area contributed by atoms with Crippen molar-refractivity contribution < 1.29 is 0 Å². The van der Waals surface area contributed by atoms with Gasteiger partial charge in [0, 0.05) is 21.3 Å². The van der Waals surface area contributed by atoms with E-state index in [0.717, 1.165) is 0 Å². The van der Waals surface area contributed by atoms with E-state index >= 15 is 0 Å². The van der Waals surface area contributed by atoms with Crippen LogP contribution in [0.5, 0.6) is 0 Å². The van der Waals surface area contributed by atoms with Gasteiger partial charge in [-0.05, 0) is 17.7 Å². The smallest absolute Gasteiger partial charge is 0.0548 e. The van der Waals surface area contributed by atoms with Gasteiger partial charge in [-0.25, -0.2) is 0 Å². The Kier molecular flexibility index (Phi) is 4.59. The van der Waals surface area contributed by atoms with Crippen molar-refractivity contribution in [2.45, 2.75) is 4.90 Å². The van der Waals surface area contributed by atoms with Gasteiger partial charge in [-0.3, -0.25) is 0 Å². The first-order valence-corrected chi connectivity index (χ1v) is 9.00. The fourth-order valence-corrected chi connectivity index (χ4v) is 5.69. The lowest BCUT2D eigenvalue weighted by Gasteiger charge is -2.10. The van der Waals surface area contributed by atoms with Crippen LogP contribution in [-0.4, -0.2) is 11.5 Å². The summed E-state index contributed by atoms with van der Waals surface area (Å²) in [7, 11) is 0. The summed E-state index contributed by atoms with van der Waals surface area (Å²) in [5.74, 6) is 2.46. The molecule has 1 saturated heterocycles. The quantitative estimate of drug-likeness (QED) is 0.679. The topological polar surface area (TPSA) is 0 Å². The summed E-state index contributed by atoms with van der Waals surface area (Å²) < 4.78 is 1.47. The highest BCUT2D eigenvalue weighted by Gasteiger charge is 2.16.